The van der Waals surface area contributed by atoms with Gasteiger partial charge in [0.1, 0.15) is 0 Å². The van der Waals surface area contributed by atoms with E-state index in [1.54, 1.807) is 22.7 Å². The van der Waals surface area contributed by atoms with Crippen LogP contribution >= 0.6 is 34.3 Å². The molecule has 1 nitrogen and oxygen atoms in total. The second-order valence-electron chi connectivity index (χ2n) is 4.96. The summed E-state index contributed by atoms with van der Waals surface area (Å²) in [6.07, 6.45) is 0. The molecule has 2 aromatic heterocycles. The Morgan fingerprint density at radius 2 is 2.00 bits per heavy atom. The van der Waals surface area contributed by atoms with Gasteiger partial charge in [-0.1, -0.05) is 47.5 Å². The first kappa shape index (κ1) is 14.8. The molecule has 1 aromatic carbocycles. The molecule has 0 aliphatic heterocycles. The molecule has 3 rings (SSSR count). The number of halogens is 1. The molecule has 108 valence electrons. The molecule has 3 aromatic rings. The lowest BCUT2D eigenvalue weighted by Crippen LogP contribution is -2.20. The zero-order valence-electron chi connectivity index (χ0n) is 11.7. The van der Waals surface area contributed by atoms with Gasteiger partial charge in [0.25, 0.3) is 0 Å². The van der Waals surface area contributed by atoms with Crippen LogP contribution in [0.3, 0.4) is 0 Å². The maximum atomic E-state index is 6.10. The van der Waals surface area contributed by atoms with Gasteiger partial charge in [-0.3, -0.25) is 0 Å². The van der Waals surface area contributed by atoms with Crippen molar-refractivity contribution in [2.24, 2.45) is 0 Å². The van der Waals surface area contributed by atoms with Crippen LogP contribution in [0.5, 0.6) is 0 Å². The van der Waals surface area contributed by atoms with Crippen LogP contribution in [0.15, 0.2) is 53.9 Å². The molecule has 0 amide bonds. The SMILES string of the molecule is Cc1cccc(CNC(c2cccs2)c2ccc(Cl)s2)c1. The summed E-state index contributed by atoms with van der Waals surface area (Å²) >= 11 is 9.51. The van der Waals surface area contributed by atoms with Gasteiger partial charge in [0.05, 0.1) is 10.4 Å². The largest absolute Gasteiger partial charge is 0.301 e. The predicted octanol–water partition coefficient (Wildman–Crippen LogP) is 5.65. The van der Waals surface area contributed by atoms with Crippen LogP contribution < -0.4 is 5.32 Å². The van der Waals surface area contributed by atoms with Gasteiger partial charge < -0.3 is 5.32 Å². The van der Waals surface area contributed by atoms with Crippen molar-refractivity contribution in [1.82, 2.24) is 5.32 Å². The number of nitrogens with one attached hydrogen (secondary N) is 1. The summed E-state index contributed by atoms with van der Waals surface area (Å²) in [4.78, 5) is 2.58. The number of aryl methyl sites for hydroxylation is 1. The average Bonchev–Trinajstić information content (AvgIpc) is 3.12. The lowest BCUT2D eigenvalue weighted by Gasteiger charge is -2.16. The Kier molecular flexibility index (Phi) is 4.76. The van der Waals surface area contributed by atoms with Gasteiger partial charge in [-0.15, -0.1) is 22.7 Å². The molecule has 21 heavy (non-hydrogen) atoms. The monoisotopic (exact) mass is 333 g/mol. The topological polar surface area (TPSA) is 12.0 Å². The van der Waals surface area contributed by atoms with E-state index in [4.69, 9.17) is 11.6 Å². The molecule has 0 bridgehead atoms. The lowest BCUT2D eigenvalue weighted by atomic mass is 10.1. The maximum absolute atomic E-state index is 6.10. The van der Waals surface area contributed by atoms with Crippen molar-refractivity contribution in [3.63, 3.8) is 0 Å². The van der Waals surface area contributed by atoms with Gasteiger partial charge in [0.2, 0.25) is 0 Å². The Balaban J connectivity index is 1.80. The van der Waals surface area contributed by atoms with Gasteiger partial charge >= 0.3 is 0 Å². The average molecular weight is 334 g/mol. The number of thiophene rings is 2. The zero-order chi connectivity index (χ0) is 14.7. The Labute approximate surface area is 138 Å². The molecular formula is C17H16ClNS2. The van der Waals surface area contributed by atoms with Crippen LogP contribution in [0.25, 0.3) is 0 Å². The molecule has 0 spiro atoms. The first-order chi connectivity index (χ1) is 10.2. The van der Waals surface area contributed by atoms with Gasteiger partial charge in [-0.2, -0.15) is 0 Å². The third-order valence-electron chi connectivity index (χ3n) is 3.30. The number of hydrogen-bond acceptors (Lipinski definition) is 3. The van der Waals surface area contributed by atoms with Crippen LogP contribution in [0, 0.1) is 6.92 Å². The molecular weight excluding hydrogens is 318 g/mol. The second-order valence-corrected chi connectivity index (χ2v) is 7.69. The Bertz CT molecular complexity index is 703. The van der Waals surface area contributed by atoms with E-state index in [1.165, 1.54) is 20.9 Å². The minimum absolute atomic E-state index is 0.211. The summed E-state index contributed by atoms with van der Waals surface area (Å²) < 4.78 is 0.837. The number of hydrogen-bond donors (Lipinski definition) is 1. The summed E-state index contributed by atoms with van der Waals surface area (Å²) in [6, 6.07) is 17.2. The molecule has 0 saturated carbocycles. The van der Waals surface area contributed by atoms with Gasteiger partial charge in [0.15, 0.2) is 0 Å². The molecule has 0 aliphatic carbocycles. The van der Waals surface area contributed by atoms with Crippen LogP contribution in [0.4, 0.5) is 0 Å². The summed E-state index contributed by atoms with van der Waals surface area (Å²) in [6.45, 7) is 2.97. The smallest absolute Gasteiger partial charge is 0.0931 e. The highest BCUT2D eigenvalue weighted by Crippen LogP contribution is 2.33. The van der Waals surface area contributed by atoms with E-state index in [-0.39, 0.29) is 6.04 Å². The summed E-state index contributed by atoms with van der Waals surface area (Å²) in [5.41, 5.74) is 2.60. The first-order valence-corrected chi connectivity index (χ1v) is 8.87. The minimum Gasteiger partial charge on any atom is -0.301 e. The van der Waals surface area contributed by atoms with Crippen molar-refractivity contribution in [1.29, 1.82) is 0 Å². The quantitative estimate of drug-likeness (QED) is 0.636. The van der Waals surface area contributed by atoms with Crippen LogP contribution in [0.1, 0.15) is 26.9 Å². The highest BCUT2D eigenvalue weighted by Gasteiger charge is 2.16. The van der Waals surface area contributed by atoms with Crippen molar-refractivity contribution >= 4 is 34.3 Å². The third-order valence-corrected chi connectivity index (χ3v) is 5.53. The molecule has 2 heterocycles. The van der Waals surface area contributed by atoms with E-state index < -0.39 is 0 Å². The van der Waals surface area contributed by atoms with E-state index >= 15 is 0 Å². The van der Waals surface area contributed by atoms with Crippen molar-refractivity contribution in [3.8, 4) is 0 Å². The van der Waals surface area contributed by atoms with Crippen molar-refractivity contribution in [2.45, 2.75) is 19.5 Å². The van der Waals surface area contributed by atoms with Crippen molar-refractivity contribution in [2.75, 3.05) is 0 Å². The van der Waals surface area contributed by atoms with E-state index in [0.717, 1.165) is 10.9 Å². The fourth-order valence-electron chi connectivity index (χ4n) is 2.32. The van der Waals surface area contributed by atoms with Crippen LogP contribution in [-0.4, -0.2) is 0 Å². The predicted molar refractivity (Wildman–Crippen MR) is 93.5 cm³/mol. The normalized spacial score (nSPS) is 12.5. The maximum Gasteiger partial charge on any atom is 0.0931 e. The third kappa shape index (κ3) is 3.74. The van der Waals surface area contributed by atoms with E-state index in [1.807, 2.05) is 6.07 Å². The first-order valence-electron chi connectivity index (χ1n) is 6.80. The van der Waals surface area contributed by atoms with E-state index in [0.29, 0.717) is 0 Å². The molecule has 0 saturated heterocycles. The molecule has 1 N–H and O–H groups in total. The van der Waals surface area contributed by atoms with Crippen LogP contribution in [-0.2, 0) is 6.54 Å². The van der Waals surface area contributed by atoms with Crippen LogP contribution in [0.2, 0.25) is 4.34 Å². The highest BCUT2D eigenvalue weighted by atomic mass is 35.5. The summed E-state index contributed by atoms with van der Waals surface area (Å²) in [7, 11) is 0. The second kappa shape index (κ2) is 6.75. The molecule has 0 aliphatic rings. The van der Waals surface area contributed by atoms with E-state index in [9.17, 15) is 0 Å². The minimum atomic E-state index is 0.211. The Morgan fingerprint density at radius 3 is 2.67 bits per heavy atom. The molecule has 0 radical (unpaired) electrons. The van der Waals surface area contributed by atoms with Crippen molar-refractivity contribution < 1.29 is 0 Å². The lowest BCUT2D eigenvalue weighted by molar-refractivity contribution is 0.621. The fourth-order valence-corrected chi connectivity index (χ4v) is 4.37. The summed E-state index contributed by atoms with van der Waals surface area (Å²) in [5.74, 6) is 0. The molecule has 1 atom stereocenters. The van der Waals surface area contributed by atoms with Gasteiger partial charge in [0, 0.05) is 16.3 Å². The van der Waals surface area contributed by atoms with Gasteiger partial charge in [-0.25, -0.2) is 0 Å². The number of benzene rings is 1. The highest BCUT2D eigenvalue weighted by molar-refractivity contribution is 7.16. The summed E-state index contributed by atoms with van der Waals surface area (Å²) in [5, 5.41) is 5.77. The standard InChI is InChI=1S/C17H16ClNS2/c1-12-4-2-5-13(10-12)11-19-17(14-6-3-9-20-14)15-7-8-16(18)21-15/h2-10,17,19H,11H2,1H3. The molecule has 4 heteroatoms. The number of rotatable bonds is 5. The van der Waals surface area contributed by atoms with E-state index in [2.05, 4.69) is 60.1 Å². The zero-order valence-corrected chi connectivity index (χ0v) is 14.1. The molecule has 1 unspecified atom stereocenters. The molecule has 0 fully saturated rings. The Morgan fingerprint density at radius 1 is 1.10 bits per heavy atom. The Hall–Kier alpha value is -1.13. The fraction of sp³-hybridized carbons (Fsp3) is 0.176. The van der Waals surface area contributed by atoms with Gasteiger partial charge in [-0.05, 0) is 36.1 Å². The van der Waals surface area contributed by atoms with Crippen molar-refractivity contribution in [3.05, 3.63) is 79.1 Å².